The molecule has 11 amide bonds. The van der Waals surface area contributed by atoms with Crippen LogP contribution in [0.4, 0.5) is 0 Å². The first kappa shape index (κ1) is 101. The summed E-state index contributed by atoms with van der Waals surface area (Å²) >= 11 is 0. The molecule has 0 spiro atoms. The lowest BCUT2D eigenvalue weighted by Crippen LogP contribution is -2.62. The molecule has 0 unspecified atom stereocenters. The van der Waals surface area contributed by atoms with Gasteiger partial charge in [-0.3, -0.25) is 74.4 Å². The molecule has 0 bridgehead atoms. The normalized spacial score (nSPS) is 14.4. The molecule has 0 radical (unpaired) electrons. The molecule has 119 heavy (non-hydrogen) atoms. The van der Waals surface area contributed by atoms with Gasteiger partial charge in [-0.05, 0) is 135 Å². The van der Waals surface area contributed by atoms with Crippen LogP contribution in [0.1, 0.15) is 169 Å². The molecule has 38 heteroatoms. The van der Waals surface area contributed by atoms with Crippen molar-refractivity contribution in [1.82, 2.24) is 79.8 Å². The first-order chi connectivity index (χ1) is 56.2. The molecule has 0 aliphatic carbocycles. The minimum absolute atomic E-state index is 0.00371. The molecular weight excluding hydrogens is 1530 g/mol. The maximum absolute atomic E-state index is 15.0. The fourth-order valence-electron chi connectivity index (χ4n) is 12.7. The smallest absolute Gasteiger partial charge is 0.326 e. The number of phenols is 1. The molecule has 31 N–H and O–H groups in total. The van der Waals surface area contributed by atoms with Gasteiger partial charge in [0.05, 0.1) is 6.04 Å². The molecule has 3 rings (SSSR count). The SMILES string of the molecule is CC[C@H](C)[C@H](NC(=O)[C@H](CC(C)C)NC(=O)[C@H](CCCNC(=N)N)NC(=O)[C@H](Cc1ccccc1)NC(=O)[C@H](CC(C)C)NC(=O)[C@H](Cc1ccccc1)NC(=O)[C@@H](N)CCCNC(=N)N)C(=O)N[C@@H](CC(C)C)C(=O)N[C@@H](CCCNC(=N)N)C(=O)N[C@@H](Cc1ccc(O)cc1)C(=O)N[C@@H](CC(C)C)C(=O)N[C@@H](CCCNC(=N)N)C(=O)O. The number of carboxylic acids is 1. The number of aliphatic carboxylic acids is 1. The number of nitrogens with one attached hydrogen (secondary N) is 19. The zero-order valence-corrected chi connectivity index (χ0v) is 70.2. The third-order valence-corrected chi connectivity index (χ3v) is 19.2. The molecule has 3 aromatic carbocycles. The van der Waals surface area contributed by atoms with Gasteiger partial charge in [0.25, 0.3) is 0 Å². The lowest BCUT2D eigenvalue weighted by molar-refractivity contribution is -0.142. The van der Waals surface area contributed by atoms with Crippen LogP contribution >= 0.6 is 0 Å². The number of carbonyl (C=O) groups is 12. The number of hydrogen-bond donors (Lipinski definition) is 26. The van der Waals surface area contributed by atoms with Crippen LogP contribution < -0.4 is 108 Å². The van der Waals surface area contributed by atoms with Crippen LogP contribution in [0.3, 0.4) is 0 Å². The van der Waals surface area contributed by atoms with Crippen molar-refractivity contribution in [3.63, 3.8) is 0 Å². The Morgan fingerprint density at radius 3 is 0.891 bits per heavy atom. The number of rotatable bonds is 55. The topological polar surface area (TPSA) is 651 Å². The lowest BCUT2D eigenvalue weighted by Gasteiger charge is -2.31. The van der Waals surface area contributed by atoms with Crippen LogP contribution in [0, 0.1) is 51.2 Å². The molecule has 0 aromatic heterocycles. The predicted molar refractivity (Wildman–Crippen MR) is 453 cm³/mol. The van der Waals surface area contributed by atoms with Crippen molar-refractivity contribution < 1.29 is 67.7 Å². The fraction of sp³-hybridized carbons (Fsp3) is 0.580. The van der Waals surface area contributed by atoms with Crippen LogP contribution in [0.2, 0.25) is 0 Å². The molecule has 0 fully saturated rings. The van der Waals surface area contributed by atoms with Crippen LogP contribution in [0.25, 0.3) is 0 Å². The largest absolute Gasteiger partial charge is 0.508 e. The molecule has 0 saturated heterocycles. The fourth-order valence-corrected chi connectivity index (χ4v) is 12.7. The van der Waals surface area contributed by atoms with E-state index in [0.29, 0.717) is 29.5 Å². The number of carbonyl (C=O) groups excluding carboxylic acids is 11. The second-order valence-electron chi connectivity index (χ2n) is 31.6. The highest BCUT2D eigenvalue weighted by molar-refractivity contribution is 6.00. The summed E-state index contributed by atoms with van der Waals surface area (Å²) in [6, 6.07) is 6.92. The molecule has 3 aromatic rings. The van der Waals surface area contributed by atoms with Crippen molar-refractivity contribution in [3.8, 4) is 5.75 Å². The predicted octanol–water partition coefficient (Wildman–Crippen LogP) is -0.552. The van der Waals surface area contributed by atoms with E-state index in [0.717, 1.165) is 0 Å². The Labute approximate surface area is 697 Å². The average Bonchev–Trinajstić information content (AvgIpc) is 0.847. The molecule has 660 valence electrons. The Morgan fingerprint density at radius 1 is 0.328 bits per heavy atom. The van der Waals surface area contributed by atoms with Gasteiger partial charge in [0.2, 0.25) is 65.0 Å². The summed E-state index contributed by atoms with van der Waals surface area (Å²) in [5, 5.41) is 91.4. The number of amides is 11. The molecule has 0 aliphatic rings. The summed E-state index contributed by atoms with van der Waals surface area (Å²) in [4.78, 5) is 174. The van der Waals surface area contributed by atoms with Crippen molar-refractivity contribution in [2.75, 3.05) is 26.2 Å². The summed E-state index contributed by atoms with van der Waals surface area (Å²) in [5.74, 6) is -13.5. The van der Waals surface area contributed by atoms with E-state index >= 15 is 9.59 Å². The van der Waals surface area contributed by atoms with Crippen molar-refractivity contribution in [2.24, 2.45) is 58.3 Å². The summed E-state index contributed by atoms with van der Waals surface area (Å²) < 4.78 is 0. The molecule has 0 heterocycles. The third kappa shape index (κ3) is 40.7. The van der Waals surface area contributed by atoms with Gasteiger partial charge in [-0.25, -0.2) is 4.79 Å². The van der Waals surface area contributed by atoms with E-state index in [4.69, 9.17) is 50.3 Å². The van der Waals surface area contributed by atoms with Crippen molar-refractivity contribution in [1.29, 1.82) is 21.6 Å². The second kappa shape index (κ2) is 53.5. The summed E-state index contributed by atoms with van der Waals surface area (Å²) in [7, 11) is 0. The minimum Gasteiger partial charge on any atom is -0.508 e. The number of nitrogens with two attached hydrogens (primary N) is 5. The van der Waals surface area contributed by atoms with E-state index in [1.807, 2.05) is 13.8 Å². The van der Waals surface area contributed by atoms with Gasteiger partial charge in [-0.1, -0.05) is 148 Å². The maximum Gasteiger partial charge on any atom is 0.326 e. The highest BCUT2D eigenvalue weighted by Crippen LogP contribution is 2.19. The van der Waals surface area contributed by atoms with Crippen LogP contribution in [0.15, 0.2) is 84.9 Å². The van der Waals surface area contributed by atoms with Gasteiger partial charge in [-0.2, -0.15) is 0 Å². The number of carboxylic acid groups (broad SMARTS) is 1. The van der Waals surface area contributed by atoms with Gasteiger partial charge in [-0.15, -0.1) is 0 Å². The van der Waals surface area contributed by atoms with E-state index in [-0.39, 0.29) is 169 Å². The summed E-state index contributed by atoms with van der Waals surface area (Å²) in [5.41, 5.74) is 30.0. The molecule has 38 nitrogen and oxygen atoms in total. The van der Waals surface area contributed by atoms with E-state index in [9.17, 15) is 58.2 Å². The summed E-state index contributed by atoms with van der Waals surface area (Å²) in [6.45, 7) is 18.3. The van der Waals surface area contributed by atoms with Gasteiger partial charge in [0.1, 0.15) is 72.2 Å². The zero-order chi connectivity index (χ0) is 89.0. The van der Waals surface area contributed by atoms with Crippen LogP contribution in [-0.2, 0) is 76.8 Å². The quantitative estimate of drug-likeness (QED) is 0.0191. The maximum atomic E-state index is 15.0. The highest BCUT2D eigenvalue weighted by Gasteiger charge is 2.39. The number of phenolic OH excluding ortho intramolecular Hbond substituents is 1. The Kier molecular flexibility index (Phi) is 45.5. The van der Waals surface area contributed by atoms with E-state index in [1.165, 1.54) is 24.3 Å². The molecule has 0 saturated carbocycles. The standard InChI is InChI=1S/C81H132N24O14/c1-11-49(10)65(76(117)104-60(40-47(6)7)69(110)95-56(28-20-36-93-80(87)88)68(109)102-64(44-52-30-32-53(106)33-31-52)74(115)100-58(38-45(2)3)70(111)97-57(77(118)119)29-21-37-94-81(89)90)105-75(116)61(41-48(8)9)99-67(108)55(27-19-35-92-79(85)86)96-72(113)63(43-51-24-16-13-17-25-51)103-71(112)59(39-46(4)5)101-73(114)62(42-50-22-14-12-15-23-50)98-66(107)54(82)26-18-34-91-78(83)84/h12-17,22-25,30-33,45-49,54-65,106H,11,18-21,26-29,34-44,82H2,1-10H3,(H,95,110)(H,96,113)(H,97,111)(H,98,107)(H,99,108)(H,100,115)(H,101,114)(H,102,109)(H,103,112)(H,104,117)(H,105,116)(H,118,119)(H4,83,84,91)(H4,85,86,92)(H4,87,88,93)(H4,89,90,94)/t49-,54-,55-,56-,57-,58-,59-,60-,61-,62-,63-,64-,65-/m0/s1. The van der Waals surface area contributed by atoms with E-state index < -0.39 is 149 Å². The number of hydrogen-bond acceptors (Lipinski definition) is 18. The highest BCUT2D eigenvalue weighted by atomic mass is 16.4. The van der Waals surface area contributed by atoms with Crippen molar-refractivity contribution >= 4 is 94.8 Å². The van der Waals surface area contributed by atoms with E-state index in [2.05, 4.69) is 79.8 Å². The number of guanidine groups is 4. The summed E-state index contributed by atoms with van der Waals surface area (Å²) in [6.07, 6.45) is 0.614. The molecule has 13 atom stereocenters. The van der Waals surface area contributed by atoms with Crippen LogP contribution in [-0.4, -0.2) is 204 Å². The first-order valence-electron chi connectivity index (χ1n) is 40.7. The Morgan fingerprint density at radius 2 is 0.580 bits per heavy atom. The van der Waals surface area contributed by atoms with E-state index in [1.54, 1.807) is 116 Å². The Balaban J connectivity index is 2.05. The second-order valence-corrected chi connectivity index (χ2v) is 31.6. The molecular formula is C81H132N24O14. The third-order valence-electron chi connectivity index (χ3n) is 19.2. The van der Waals surface area contributed by atoms with Crippen molar-refractivity contribution in [3.05, 3.63) is 102 Å². The Hall–Kier alpha value is -11.9. The van der Waals surface area contributed by atoms with Gasteiger partial charge < -0.3 is 119 Å². The average molecular weight is 1670 g/mol. The molecule has 0 aliphatic heterocycles. The van der Waals surface area contributed by atoms with Gasteiger partial charge in [0.15, 0.2) is 23.8 Å². The van der Waals surface area contributed by atoms with Gasteiger partial charge >= 0.3 is 5.97 Å². The monoisotopic (exact) mass is 1670 g/mol. The van der Waals surface area contributed by atoms with Crippen LogP contribution in [0.5, 0.6) is 5.75 Å². The van der Waals surface area contributed by atoms with Crippen molar-refractivity contribution in [2.45, 2.75) is 244 Å². The Bertz CT molecular complexity index is 3800. The minimum atomic E-state index is -1.50. The first-order valence-corrected chi connectivity index (χ1v) is 40.7. The van der Waals surface area contributed by atoms with Gasteiger partial charge in [0, 0.05) is 45.4 Å². The number of benzene rings is 3. The lowest BCUT2D eigenvalue weighted by atomic mass is 9.95. The number of aromatic hydroxyl groups is 1. The zero-order valence-electron chi connectivity index (χ0n) is 70.2.